The molecule has 1 amide bonds. The standard InChI is InChI=1S/C14H22N2O3/c1-10(2)5-12-9-18-4-3-16(12)14(17)11-6-13(7-15)19-8-11/h6,8,10,12H,3-5,7,9,15H2,1-2H3. The Morgan fingerprint density at radius 1 is 1.58 bits per heavy atom. The van der Waals surface area contributed by atoms with E-state index in [1.54, 1.807) is 6.07 Å². The highest BCUT2D eigenvalue weighted by molar-refractivity contribution is 5.94. The Morgan fingerprint density at radius 3 is 3.00 bits per heavy atom. The number of nitrogens with two attached hydrogens (primary N) is 1. The first kappa shape index (κ1) is 14.1. The molecule has 0 spiro atoms. The van der Waals surface area contributed by atoms with Crippen molar-refractivity contribution in [1.82, 2.24) is 4.90 Å². The van der Waals surface area contributed by atoms with Gasteiger partial charge in [0, 0.05) is 6.54 Å². The van der Waals surface area contributed by atoms with E-state index in [9.17, 15) is 4.79 Å². The number of rotatable bonds is 4. The third-order valence-corrected chi connectivity index (χ3v) is 3.33. The van der Waals surface area contributed by atoms with Gasteiger partial charge in [0.05, 0.1) is 31.4 Å². The van der Waals surface area contributed by atoms with Crippen LogP contribution in [0.1, 0.15) is 36.4 Å². The lowest BCUT2D eigenvalue weighted by molar-refractivity contribution is -0.00749. The maximum absolute atomic E-state index is 12.5. The molecule has 1 aliphatic heterocycles. The van der Waals surface area contributed by atoms with E-state index < -0.39 is 0 Å². The van der Waals surface area contributed by atoms with Crippen molar-refractivity contribution in [2.75, 3.05) is 19.8 Å². The molecule has 2 rings (SSSR count). The van der Waals surface area contributed by atoms with E-state index in [1.807, 2.05) is 4.90 Å². The molecular formula is C14H22N2O3. The summed E-state index contributed by atoms with van der Waals surface area (Å²) in [6.45, 7) is 6.47. The minimum absolute atomic E-state index is 0.0115. The zero-order chi connectivity index (χ0) is 13.8. The molecule has 106 valence electrons. The SMILES string of the molecule is CC(C)CC1COCCN1C(=O)c1coc(CN)c1. The first-order valence-electron chi connectivity index (χ1n) is 6.78. The van der Waals surface area contributed by atoms with E-state index in [-0.39, 0.29) is 11.9 Å². The van der Waals surface area contributed by atoms with Crippen LogP contribution in [0.25, 0.3) is 0 Å². The quantitative estimate of drug-likeness (QED) is 0.899. The topological polar surface area (TPSA) is 68.7 Å². The molecule has 0 saturated carbocycles. The zero-order valence-corrected chi connectivity index (χ0v) is 11.6. The van der Waals surface area contributed by atoms with Gasteiger partial charge in [0.2, 0.25) is 0 Å². The lowest BCUT2D eigenvalue weighted by Crippen LogP contribution is -2.49. The van der Waals surface area contributed by atoms with Gasteiger partial charge < -0.3 is 19.8 Å². The van der Waals surface area contributed by atoms with Crippen molar-refractivity contribution in [3.05, 3.63) is 23.7 Å². The Balaban J connectivity index is 2.10. The van der Waals surface area contributed by atoms with Crippen molar-refractivity contribution in [2.45, 2.75) is 32.9 Å². The molecule has 1 aromatic heterocycles. The van der Waals surface area contributed by atoms with Gasteiger partial charge in [-0.15, -0.1) is 0 Å². The highest BCUT2D eigenvalue weighted by atomic mass is 16.5. The van der Waals surface area contributed by atoms with Crippen molar-refractivity contribution in [3.63, 3.8) is 0 Å². The summed E-state index contributed by atoms with van der Waals surface area (Å²) in [5.74, 6) is 1.18. The van der Waals surface area contributed by atoms with Crippen molar-refractivity contribution in [1.29, 1.82) is 0 Å². The molecule has 5 heteroatoms. The molecule has 1 unspecified atom stereocenters. The van der Waals surface area contributed by atoms with E-state index in [2.05, 4.69) is 13.8 Å². The van der Waals surface area contributed by atoms with Gasteiger partial charge in [-0.1, -0.05) is 13.8 Å². The lowest BCUT2D eigenvalue weighted by atomic mass is 10.0. The number of hydrogen-bond acceptors (Lipinski definition) is 4. The van der Waals surface area contributed by atoms with E-state index in [0.29, 0.717) is 43.5 Å². The minimum atomic E-state index is 0.0115. The summed E-state index contributed by atoms with van der Waals surface area (Å²) in [6, 6.07) is 1.88. The number of furan rings is 1. The Bertz CT molecular complexity index is 428. The molecule has 1 saturated heterocycles. The summed E-state index contributed by atoms with van der Waals surface area (Å²) in [6.07, 6.45) is 2.44. The minimum Gasteiger partial charge on any atom is -0.467 e. The van der Waals surface area contributed by atoms with Crippen molar-refractivity contribution < 1.29 is 13.9 Å². The summed E-state index contributed by atoms with van der Waals surface area (Å²) >= 11 is 0. The smallest absolute Gasteiger partial charge is 0.257 e. The van der Waals surface area contributed by atoms with Crippen LogP contribution in [0.2, 0.25) is 0 Å². The average molecular weight is 266 g/mol. The maximum Gasteiger partial charge on any atom is 0.257 e. The fraction of sp³-hybridized carbons (Fsp3) is 0.643. The van der Waals surface area contributed by atoms with Gasteiger partial charge in [-0.25, -0.2) is 0 Å². The zero-order valence-electron chi connectivity index (χ0n) is 11.6. The molecule has 1 aromatic rings. The van der Waals surface area contributed by atoms with Crippen LogP contribution < -0.4 is 5.73 Å². The number of amides is 1. The van der Waals surface area contributed by atoms with Crippen LogP contribution in [-0.2, 0) is 11.3 Å². The monoisotopic (exact) mass is 266 g/mol. The van der Waals surface area contributed by atoms with E-state index in [0.717, 1.165) is 6.42 Å². The van der Waals surface area contributed by atoms with Crippen molar-refractivity contribution in [3.8, 4) is 0 Å². The molecule has 1 atom stereocenters. The first-order chi connectivity index (χ1) is 9.11. The van der Waals surface area contributed by atoms with Crippen LogP contribution in [0.4, 0.5) is 0 Å². The predicted octanol–water partition coefficient (Wildman–Crippen LogP) is 1.63. The van der Waals surface area contributed by atoms with Crippen LogP contribution in [0.15, 0.2) is 16.7 Å². The largest absolute Gasteiger partial charge is 0.467 e. The van der Waals surface area contributed by atoms with Crippen LogP contribution in [0.5, 0.6) is 0 Å². The first-order valence-corrected chi connectivity index (χ1v) is 6.78. The van der Waals surface area contributed by atoms with Gasteiger partial charge in [-0.2, -0.15) is 0 Å². The fourth-order valence-electron chi connectivity index (χ4n) is 2.43. The molecule has 2 N–H and O–H groups in total. The van der Waals surface area contributed by atoms with E-state index >= 15 is 0 Å². The molecule has 0 bridgehead atoms. The Kier molecular flexibility index (Phi) is 4.61. The van der Waals surface area contributed by atoms with Gasteiger partial charge in [-0.05, 0) is 18.4 Å². The second-order valence-corrected chi connectivity index (χ2v) is 5.36. The molecular weight excluding hydrogens is 244 g/mol. The number of nitrogens with zero attached hydrogens (tertiary/aromatic N) is 1. The predicted molar refractivity (Wildman–Crippen MR) is 71.7 cm³/mol. The summed E-state index contributed by atoms with van der Waals surface area (Å²) in [5.41, 5.74) is 6.08. The molecule has 0 radical (unpaired) electrons. The Hall–Kier alpha value is -1.33. The summed E-state index contributed by atoms with van der Waals surface area (Å²) in [5, 5.41) is 0. The maximum atomic E-state index is 12.5. The second-order valence-electron chi connectivity index (χ2n) is 5.36. The second kappa shape index (κ2) is 6.21. The van der Waals surface area contributed by atoms with Gasteiger partial charge in [0.1, 0.15) is 12.0 Å². The summed E-state index contributed by atoms with van der Waals surface area (Å²) in [4.78, 5) is 14.4. The van der Waals surface area contributed by atoms with E-state index in [4.69, 9.17) is 14.9 Å². The third-order valence-electron chi connectivity index (χ3n) is 3.33. The summed E-state index contributed by atoms with van der Waals surface area (Å²) in [7, 11) is 0. The Labute approximate surface area is 113 Å². The molecule has 19 heavy (non-hydrogen) atoms. The summed E-state index contributed by atoms with van der Waals surface area (Å²) < 4.78 is 10.7. The van der Waals surface area contributed by atoms with Crippen LogP contribution in [0.3, 0.4) is 0 Å². The average Bonchev–Trinajstić information content (AvgIpc) is 2.86. The van der Waals surface area contributed by atoms with Gasteiger partial charge in [0.25, 0.3) is 5.91 Å². The molecule has 2 heterocycles. The number of morpholine rings is 1. The molecule has 1 aliphatic rings. The van der Waals surface area contributed by atoms with Crippen molar-refractivity contribution in [2.24, 2.45) is 11.7 Å². The lowest BCUT2D eigenvalue weighted by Gasteiger charge is -2.36. The highest BCUT2D eigenvalue weighted by Crippen LogP contribution is 2.19. The number of carbonyl (C=O) groups is 1. The molecule has 5 nitrogen and oxygen atoms in total. The van der Waals surface area contributed by atoms with Crippen LogP contribution in [0, 0.1) is 5.92 Å². The molecule has 1 fully saturated rings. The van der Waals surface area contributed by atoms with Crippen LogP contribution >= 0.6 is 0 Å². The number of hydrogen-bond donors (Lipinski definition) is 1. The third kappa shape index (κ3) is 3.36. The highest BCUT2D eigenvalue weighted by Gasteiger charge is 2.29. The molecule has 0 aliphatic carbocycles. The van der Waals surface area contributed by atoms with E-state index in [1.165, 1.54) is 6.26 Å². The molecule has 0 aromatic carbocycles. The normalized spacial score (nSPS) is 20.0. The van der Waals surface area contributed by atoms with Crippen molar-refractivity contribution >= 4 is 5.91 Å². The van der Waals surface area contributed by atoms with Gasteiger partial charge in [-0.3, -0.25) is 4.79 Å². The van der Waals surface area contributed by atoms with Crippen LogP contribution in [-0.4, -0.2) is 36.6 Å². The fourth-order valence-corrected chi connectivity index (χ4v) is 2.43. The number of ether oxygens (including phenoxy) is 1. The Morgan fingerprint density at radius 2 is 2.37 bits per heavy atom. The number of carbonyl (C=O) groups excluding carboxylic acids is 1. The van der Waals surface area contributed by atoms with Gasteiger partial charge in [0.15, 0.2) is 0 Å². The van der Waals surface area contributed by atoms with Gasteiger partial charge >= 0.3 is 0 Å².